The summed E-state index contributed by atoms with van der Waals surface area (Å²) < 4.78 is 0. The Bertz CT molecular complexity index is 881. The Kier molecular flexibility index (Phi) is 8.15. The average Bonchev–Trinajstić information content (AvgIpc) is 3.21. The summed E-state index contributed by atoms with van der Waals surface area (Å²) in [6.45, 7) is 6.72. The fraction of sp³-hybridized carbons (Fsp3) is 0.654. The third-order valence-electron chi connectivity index (χ3n) is 7.04. The molecule has 2 aliphatic rings. The molecule has 33 heavy (non-hydrogen) atoms. The van der Waals surface area contributed by atoms with Crippen molar-refractivity contribution in [2.24, 2.45) is 5.92 Å². The van der Waals surface area contributed by atoms with E-state index in [9.17, 15) is 5.11 Å². The first kappa shape index (κ1) is 23.9. The molecule has 2 atom stereocenters. The van der Waals surface area contributed by atoms with Gasteiger partial charge in [0.2, 0.25) is 5.95 Å². The predicted molar refractivity (Wildman–Crippen MR) is 134 cm³/mol. The van der Waals surface area contributed by atoms with Gasteiger partial charge in [0.25, 0.3) is 0 Å². The Morgan fingerprint density at radius 2 is 1.94 bits per heavy atom. The third kappa shape index (κ3) is 6.64. The van der Waals surface area contributed by atoms with E-state index in [-0.39, 0.29) is 6.10 Å². The van der Waals surface area contributed by atoms with Crippen LogP contribution >= 0.6 is 0 Å². The van der Waals surface area contributed by atoms with Gasteiger partial charge in [0.1, 0.15) is 5.82 Å². The zero-order valence-corrected chi connectivity index (χ0v) is 20.4. The molecular weight excluding hydrogens is 412 g/mol. The van der Waals surface area contributed by atoms with Gasteiger partial charge >= 0.3 is 0 Å². The predicted octanol–water partition coefficient (Wildman–Crippen LogP) is 4.35. The van der Waals surface area contributed by atoms with Crippen LogP contribution in [-0.2, 0) is 6.42 Å². The van der Waals surface area contributed by atoms with Crippen molar-refractivity contribution in [1.29, 1.82) is 0 Å². The van der Waals surface area contributed by atoms with Crippen LogP contribution < -0.4 is 10.6 Å². The van der Waals surface area contributed by atoms with Crippen molar-refractivity contribution in [2.75, 3.05) is 30.8 Å². The molecule has 3 N–H and O–H groups in total. The second-order valence-corrected chi connectivity index (χ2v) is 10.1. The van der Waals surface area contributed by atoms with E-state index in [1.165, 1.54) is 25.1 Å². The van der Waals surface area contributed by atoms with Gasteiger partial charge in [-0.3, -0.25) is 4.98 Å². The van der Waals surface area contributed by atoms with Gasteiger partial charge in [0.05, 0.1) is 17.4 Å². The highest BCUT2D eigenvalue weighted by molar-refractivity contribution is 5.73. The normalized spacial score (nSPS) is 24.5. The molecule has 1 saturated heterocycles. The maximum atomic E-state index is 9.89. The molecule has 0 radical (unpaired) electrons. The molecular formula is C26H40N6O. The average molecular weight is 453 g/mol. The minimum atomic E-state index is -0.172. The molecule has 0 bridgehead atoms. The molecule has 0 spiro atoms. The number of anilines is 2. The van der Waals surface area contributed by atoms with Gasteiger partial charge in [-0.05, 0) is 83.0 Å². The first-order valence-electron chi connectivity index (χ1n) is 12.7. The largest absolute Gasteiger partial charge is 0.393 e. The van der Waals surface area contributed by atoms with Crippen molar-refractivity contribution < 1.29 is 5.11 Å². The molecule has 3 heterocycles. The Morgan fingerprint density at radius 1 is 1.12 bits per heavy atom. The minimum Gasteiger partial charge on any atom is -0.393 e. The first-order chi connectivity index (χ1) is 16.0. The van der Waals surface area contributed by atoms with E-state index in [1.807, 2.05) is 12.4 Å². The van der Waals surface area contributed by atoms with Crippen molar-refractivity contribution in [1.82, 2.24) is 19.9 Å². The summed E-state index contributed by atoms with van der Waals surface area (Å²) >= 11 is 0. The van der Waals surface area contributed by atoms with E-state index in [4.69, 9.17) is 9.97 Å². The summed E-state index contributed by atoms with van der Waals surface area (Å²) in [5.41, 5.74) is 3.12. The molecule has 1 saturated carbocycles. The topological polar surface area (TPSA) is 86.2 Å². The number of hydrogen-bond acceptors (Lipinski definition) is 7. The van der Waals surface area contributed by atoms with Crippen molar-refractivity contribution in [2.45, 2.75) is 83.4 Å². The lowest BCUT2D eigenvalue weighted by Gasteiger charge is -2.27. The number of nitrogens with one attached hydrogen (secondary N) is 2. The van der Waals surface area contributed by atoms with Crippen LogP contribution in [0, 0.1) is 5.92 Å². The summed E-state index contributed by atoms with van der Waals surface area (Å²) in [5, 5.41) is 17.0. The maximum absolute atomic E-state index is 9.89. The monoisotopic (exact) mass is 452 g/mol. The second kappa shape index (κ2) is 11.3. The highest BCUT2D eigenvalue weighted by Crippen LogP contribution is 2.29. The lowest BCUT2D eigenvalue weighted by molar-refractivity contribution is 0.126. The molecule has 1 aliphatic heterocycles. The molecule has 7 nitrogen and oxygen atoms in total. The number of rotatable bonds is 9. The van der Waals surface area contributed by atoms with Gasteiger partial charge in [-0.2, -0.15) is 4.98 Å². The Hall–Kier alpha value is -2.25. The van der Waals surface area contributed by atoms with Gasteiger partial charge in [-0.25, -0.2) is 4.98 Å². The number of pyridine rings is 1. The molecule has 4 rings (SSSR count). The van der Waals surface area contributed by atoms with E-state index in [2.05, 4.69) is 53.5 Å². The van der Waals surface area contributed by atoms with Crippen molar-refractivity contribution in [3.8, 4) is 11.3 Å². The SMILES string of the molecule is CCC[C@H](C)Nc1ncc(-c2ccc(C[C@H]3CCN(C)C3)cn2)c(NC2CCC(O)CC2)n1. The molecule has 0 amide bonds. The zero-order valence-electron chi connectivity index (χ0n) is 20.4. The van der Waals surface area contributed by atoms with Crippen molar-refractivity contribution >= 4 is 11.8 Å². The lowest BCUT2D eigenvalue weighted by atomic mass is 9.93. The summed E-state index contributed by atoms with van der Waals surface area (Å²) in [4.78, 5) is 16.7. The van der Waals surface area contributed by atoms with Crippen LogP contribution in [0.1, 0.15) is 64.4 Å². The fourth-order valence-electron chi connectivity index (χ4n) is 5.12. The van der Waals surface area contributed by atoms with Crippen LogP contribution in [0.25, 0.3) is 11.3 Å². The first-order valence-corrected chi connectivity index (χ1v) is 12.7. The number of nitrogens with zero attached hydrogens (tertiary/aromatic N) is 4. The van der Waals surface area contributed by atoms with Crippen LogP contribution in [0.15, 0.2) is 24.5 Å². The Labute approximate surface area is 198 Å². The number of likely N-dealkylation sites (tertiary alicyclic amines) is 1. The molecule has 2 fully saturated rings. The standard InChI is InChI=1S/C26H40N6O/c1-4-5-18(2)29-26-28-16-23(25(31-26)30-21-7-9-22(33)10-8-21)24-11-6-19(15-27-24)14-20-12-13-32(3)17-20/h6,11,15-16,18,20-22,33H,4-5,7-10,12-14,17H2,1-3H3,(H2,28,29,30,31)/t18-,20+,21?,22?/m0/s1. The van der Waals surface area contributed by atoms with E-state index in [1.54, 1.807) is 0 Å². The summed E-state index contributed by atoms with van der Waals surface area (Å²) in [6.07, 6.45) is 11.8. The highest BCUT2D eigenvalue weighted by Gasteiger charge is 2.22. The van der Waals surface area contributed by atoms with E-state index >= 15 is 0 Å². The summed E-state index contributed by atoms with van der Waals surface area (Å²) in [5.74, 6) is 2.20. The van der Waals surface area contributed by atoms with Crippen molar-refractivity contribution in [3.05, 3.63) is 30.1 Å². The second-order valence-electron chi connectivity index (χ2n) is 10.1. The number of hydrogen-bond donors (Lipinski definition) is 3. The summed E-state index contributed by atoms with van der Waals surface area (Å²) in [6, 6.07) is 4.94. The van der Waals surface area contributed by atoms with Gasteiger partial charge in [0, 0.05) is 31.0 Å². The number of aliphatic hydroxyl groups excluding tert-OH is 1. The van der Waals surface area contributed by atoms with E-state index < -0.39 is 0 Å². The maximum Gasteiger partial charge on any atom is 0.224 e. The van der Waals surface area contributed by atoms with Crippen molar-refractivity contribution in [3.63, 3.8) is 0 Å². The summed E-state index contributed by atoms with van der Waals surface area (Å²) in [7, 11) is 2.20. The molecule has 2 aromatic heterocycles. The Morgan fingerprint density at radius 3 is 2.61 bits per heavy atom. The van der Waals surface area contributed by atoms with Gasteiger partial charge in [0.15, 0.2) is 0 Å². The minimum absolute atomic E-state index is 0.172. The molecule has 0 unspecified atom stereocenters. The van der Waals surface area contributed by atoms with E-state index in [0.29, 0.717) is 18.0 Å². The lowest BCUT2D eigenvalue weighted by Crippen LogP contribution is -2.29. The fourth-order valence-corrected chi connectivity index (χ4v) is 5.12. The molecule has 7 heteroatoms. The number of aliphatic hydroxyl groups is 1. The van der Waals surface area contributed by atoms with E-state index in [0.717, 1.165) is 67.9 Å². The van der Waals surface area contributed by atoms with Gasteiger partial charge in [-0.15, -0.1) is 0 Å². The molecule has 180 valence electrons. The van der Waals surface area contributed by atoms with Crippen LogP contribution in [0.2, 0.25) is 0 Å². The molecule has 0 aromatic carbocycles. The Balaban J connectivity index is 1.52. The molecule has 2 aromatic rings. The third-order valence-corrected chi connectivity index (χ3v) is 7.04. The highest BCUT2D eigenvalue weighted by atomic mass is 16.3. The van der Waals surface area contributed by atoms with Crippen LogP contribution in [-0.4, -0.2) is 63.3 Å². The van der Waals surface area contributed by atoms with Crippen LogP contribution in [0.5, 0.6) is 0 Å². The molecule has 1 aliphatic carbocycles. The quantitative estimate of drug-likeness (QED) is 0.521. The smallest absolute Gasteiger partial charge is 0.224 e. The van der Waals surface area contributed by atoms with Gasteiger partial charge < -0.3 is 20.6 Å². The zero-order chi connectivity index (χ0) is 23.2. The van der Waals surface area contributed by atoms with Gasteiger partial charge in [-0.1, -0.05) is 19.4 Å². The van der Waals surface area contributed by atoms with Crippen LogP contribution in [0.4, 0.5) is 11.8 Å². The number of aromatic nitrogens is 3. The van der Waals surface area contributed by atoms with Crippen LogP contribution in [0.3, 0.4) is 0 Å².